The number of fused-ring (bicyclic) bond motifs is 2. The lowest BCUT2D eigenvalue weighted by molar-refractivity contribution is 0.00880. The molecule has 1 aromatic heterocycles. The van der Waals surface area contributed by atoms with Gasteiger partial charge in [0.2, 0.25) is 0 Å². The van der Waals surface area contributed by atoms with E-state index in [9.17, 15) is 0 Å². The third kappa shape index (κ3) is 7.05. The van der Waals surface area contributed by atoms with Crippen molar-refractivity contribution in [2.75, 3.05) is 31.6 Å². The quantitative estimate of drug-likeness (QED) is 0.249. The van der Waals surface area contributed by atoms with Crippen molar-refractivity contribution >= 4 is 11.4 Å². The molecule has 0 radical (unpaired) electrons. The fourth-order valence-corrected chi connectivity index (χ4v) is 6.07. The van der Waals surface area contributed by atoms with Crippen molar-refractivity contribution in [2.24, 2.45) is 11.1 Å². The molecule has 40 heavy (non-hydrogen) atoms. The highest BCUT2D eigenvalue weighted by atomic mass is 15.4. The average Bonchev–Trinajstić information content (AvgIpc) is 2.95. The molecule has 0 aromatic carbocycles. The summed E-state index contributed by atoms with van der Waals surface area (Å²) in [6.45, 7) is 22.4. The van der Waals surface area contributed by atoms with Crippen LogP contribution >= 0.6 is 0 Å². The van der Waals surface area contributed by atoms with Crippen LogP contribution in [0, 0.1) is 5.41 Å². The Labute approximate surface area is 243 Å². The molecule has 0 amide bonds. The molecule has 4 aliphatic rings. The highest BCUT2D eigenvalue weighted by Gasteiger charge is 2.44. The SMILES string of the molecule is C=CC(N)C1C(c2ccc(N3CC4CC(C3)N4CC(/C=C\C(=C)CC)=C/C)nc2)=CC(CCC(C)(C)C)=CN1C. The summed E-state index contributed by atoms with van der Waals surface area (Å²) in [5.74, 6) is 1.07. The summed E-state index contributed by atoms with van der Waals surface area (Å²) >= 11 is 0. The van der Waals surface area contributed by atoms with Crippen LogP contribution in [0.3, 0.4) is 0 Å². The van der Waals surface area contributed by atoms with Crippen LogP contribution in [-0.4, -0.2) is 65.6 Å². The monoisotopic (exact) mass is 541 g/mol. The second kappa shape index (κ2) is 12.7. The van der Waals surface area contributed by atoms with Gasteiger partial charge in [-0.15, -0.1) is 6.58 Å². The van der Waals surface area contributed by atoms with Crippen molar-refractivity contribution in [2.45, 2.75) is 84.5 Å². The fraction of sp³-hybridized carbons (Fsp3) is 0.514. The van der Waals surface area contributed by atoms with E-state index < -0.39 is 0 Å². The predicted molar refractivity (Wildman–Crippen MR) is 172 cm³/mol. The Morgan fingerprint density at radius 1 is 1.20 bits per heavy atom. The standard InChI is InChI=1S/C35H51N5/c1-9-25(4)12-13-26(10-2)22-40-29-19-30(40)24-39(23-29)33-15-14-28(20-37-33)31-18-27(16-17-35(5,6)7)21-38(8)34(31)32(36)11-3/h10-15,18,20-21,29-30,32,34H,3-4,9,16-17,19,22-24,36H2,1-2,5-8H3/b13-12-,26-10+. The Kier molecular flexibility index (Phi) is 9.58. The van der Waals surface area contributed by atoms with E-state index in [1.807, 2.05) is 12.3 Å². The molecular weight excluding hydrogens is 490 g/mol. The van der Waals surface area contributed by atoms with Gasteiger partial charge >= 0.3 is 0 Å². The van der Waals surface area contributed by atoms with Crippen LogP contribution in [0.1, 0.15) is 65.9 Å². The number of hydrogen-bond donors (Lipinski definition) is 1. The van der Waals surface area contributed by atoms with Gasteiger partial charge < -0.3 is 15.5 Å². The van der Waals surface area contributed by atoms with E-state index in [2.05, 4.69) is 112 Å². The second-order valence-electron chi connectivity index (χ2n) is 13.0. The number of likely N-dealkylation sites (N-methyl/N-ethyl adjacent to an activating group) is 1. The molecule has 0 saturated carbocycles. The van der Waals surface area contributed by atoms with Crippen LogP contribution in [0.5, 0.6) is 0 Å². The van der Waals surface area contributed by atoms with Crippen molar-refractivity contribution < 1.29 is 0 Å². The van der Waals surface area contributed by atoms with E-state index in [-0.39, 0.29) is 12.1 Å². The Hall–Kier alpha value is -2.89. The van der Waals surface area contributed by atoms with E-state index in [0.717, 1.165) is 50.3 Å². The first-order valence-corrected chi connectivity index (χ1v) is 15.0. The molecule has 5 heteroatoms. The number of allylic oxidation sites excluding steroid dienone is 5. The van der Waals surface area contributed by atoms with Crippen molar-refractivity contribution in [1.29, 1.82) is 0 Å². The Morgan fingerprint density at radius 2 is 1.93 bits per heavy atom. The van der Waals surface area contributed by atoms with Crippen molar-refractivity contribution in [3.05, 3.63) is 90.4 Å². The van der Waals surface area contributed by atoms with Gasteiger partial charge in [-0.25, -0.2) is 4.98 Å². The summed E-state index contributed by atoms with van der Waals surface area (Å²) in [6, 6.07) is 5.48. The van der Waals surface area contributed by atoms with Crippen molar-refractivity contribution in [3.8, 4) is 0 Å². The van der Waals surface area contributed by atoms with E-state index in [0.29, 0.717) is 17.5 Å². The van der Waals surface area contributed by atoms with Crippen LogP contribution in [0.4, 0.5) is 5.82 Å². The van der Waals surface area contributed by atoms with Crippen LogP contribution in [0.2, 0.25) is 0 Å². The number of aromatic nitrogens is 1. The molecule has 5 heterocycles. The molecule has 0 aliphatic carbocycles. The first-order valence-electron chi connectivity index (χ1n) is 15.0. The molecule has 4 atom stereocenters. The molecule has 2 N–H and O–H groups in total. The Bertz CT molecular complexity index is 1170. The van der Waals surface area contributed by atoms with E-state index in [1.165, 1.54) is 28.7 Å². The highest BCUT2D eigenvalue weighted by Crippen LogP contribution is 2.36. The van der Waals surface area contributed by atoms with Crippen LogP contribution in [-0.2, 0) is 0 Å². The molecule has 4 aliphatic heterocycles. The number of nitrogens with zero attached hydrogens (tertiary/aromatic N) is 4. The molecular formula is C35H51N5. The number of hydrogen-bond acceptors (Lipinski definition) is 5. The minimum Gasteiger partial charge on any atom is -0.371 e. The third-order valence-electron chi connectivity index (χ3n) is 8.74. The summed E-state index contributed by atoms with van der Waals surface area (Å²) in [5.41, 5.74) is 13.1. The van der Waals surface area contributed by atoms with Crippen LogP contribution < -0.4 is 10.6 Å². The topological polar surface area (TPSA) is 48.6 Å². The predicted octanol–water partition coefficient (Wildman–Crippen LogP) is 6.73. The zero-order valence-electron chi connectivity index (χ0n) is 25.7. The average molecular weight is 542 g/mol. The minimum absolute atomic E-state index is 0.0455. The molecule has 5 nitrogen and oxygen atoms in total. The van der Waals surface area contributed by atoms with Crippen molar-refractivity contribution in [3.63, 3.8) is 0 Å². The number of pyridine rings is 1. The highest BCUT2D eigenvalue weighted by molar-refractivity contribution is 5.74. The normalized spacial score (nSPS) is 24.5. The molecule has 216 valence electrons. The van der Waals surface area contributed by atoms with Gasteiger partial charge in [0, 0.05) is 57.2 Å². The van der Waals surface area contributed by atoms with Gasteiger partial charge in [0.05, 0.1) is 6.04 Å². The maximum absolute atomic E-state index is 6.54. The molecule has 1 aromatic rings. The van der Waals surface area contributed by atoms with Gasteiger partial charge in [-0.1, -0.05) is 70.2 Å². The maximum Gasteiger partial charge on any atom is 0.128 e. The van der Waals surface area contributed by atoms with E-state index >= 15 is 0 Å². The van der Waals surface area contributed by atoms with Crippen molar-refractivity contribution in [1.82, 2.24) is 14.8 Å². The summed E-state index contributed by atoms with van der Waals surface area (Å²) in [6.07, 6.45) is 19.6. The van der Waals surface area contributed by atoms with Gasteiger partial charge in [-0.3, -0.25) is 4.90 Å². The van der Waals surface area contributed by atoms with Gasteiger partial charge in [0.15, 0.2) is 0 Å². The molecule has 0 spiro atoms. The first kappa shape index (κ1) is 30.1. The summed E-state index contributed by atoms with van der Waals surface area (Å²) in [5, 5.41) is 0. The van der Waals surface area contributed by atoms with Gasteiger partial charge in [-0.05, 0) is 72.4 Å². The van der Waals surface area contributed by atoms with Gasteiger partial charge in [-0.2, -0.15) is 0 Å². The molecule has 2 bridgehead atoms. The number of anilines is 1. The number of piperazine rings is 1. The molecule has 5 rings (SSSR count). The molecule has 3 fully saturated rings. The zero-order valence-corrected chi connectivity index (χ0v) is 25.7. The van der Waals surface area contributed by atoms with Gasteiger partial charge in [0.1, 0.15) is 5.82 Å². The van der Waals surface area contributed by atoms with E-state index in [1.54, 1.807) is 0 Å². The second-order valence-corrected chi connectivity index (χ2v) is 13.0. The smallest absolute Gasteiger partial charge is 0.128 e. The Balaban J connectivity index is 1.45. The van der Waals surface area contributed by atoms with E-state index in [4.69, 9.17) is 10.7 Å². The first-order chi connectivity index (χ1) is 19.0. The minimum atomic E-state index is -0.159. The number of nitrogens with two attached hydrogens (primary N) is 1. The summed E-state index contributed by atoms with van der Waals surface area (Å²) in [4.78, 5) is 12.4. The molecule has 3 saturated heterocycles. The zero-order chi connectivity index (χ0) is 29.0. The summed E-state index contributed by atoms with van der Waals surface area (Å²) in [7, 11) is 2.13. The van der Waals surface area contributed by atoms with Crippen LogP contribution in [0.25, 0.3) is 5.57 Å². The third-order valence-corrected chi connectivity index (χ3v) is 8.74. The maximum atomic E-state index is 6.54. The number of piperidine rings is 1. The summed E-state index contributed by atoms with van der Waals surface area (Å²) < 4.78 is 0. The van der Waals surface area contributed by atoms with Crippen LogP contribution in [0.15, 0.2) is 84.8 Å². The number of rotatable bonds is 11. The largest absolute Gasteiger partial charge is 0.371 e. The Morgan fingerprint density at radius 3 is 2.50 bits per heavy atom. The lowest BCUT2D eigenvalue weighted by Crippen LogP contribution is -2.69. The lowest BCUT2D eigenvalue weighted by Gasteiger charge is -2.57. The fourth-order valence-electron chi connectivity index (χ4n) is 6.07. The van der Waals surface area contributed by atoms with Gasteiger partial charge in [0.25, 0.3) is 0 Å². The molecule has 4 unspecified atom stereocenters. The lowest BCUT2D eigenvalue weighted by atomic mass is 9.85.